The van der Waals surface area contributed by atoms with E-state index in [-0.39, 0.29) is 23.9 Å². The Hall–Kier alpha value is -1.60. The Balaban J connectivity index is 2.57. The van der Waals surface area contributed by atoms with E-state index >= 15 is 0 Å². The maximum atomic E-state index is 12.1. The third-order valence-electron chi connectivity index (χ3n) is 2.72. The SMILES string of the molecule is CCN(CC(C)(C)O)C(=O)CSc1ccc([N+](=O)[O-])cc1. The zero-order valence-electron chi connectivity index (χ0n) is 12.4. The van der Waals surface area contributed by atoms with Gasteiger partial charge in [0.1, 0.15) is 0 Å². The molecule has 0 atom stereocenters. The fraction of sp³-hybridized carbons (Fsp3) is 0.500. The van der Waals surface area contributed by atoms with Crippen molar-refractivity contribution in [3.05, 3.63) is 34.4 Å². The molecule has 21 heavy (non-hydrogen) atoms. The van der Waals surface area contributed by atoms with Crippen molar-refractivity contribution in [2.45, 2.75) is 31.3 Å². The largest absolute Gasteiger partial charge is 0.389 e. The van der Waals surface area contributed by atoms with Gasteiger partial charge in [-0.05, 0) is 32.9 Å². The second kappa shape index (κ2) is 7.42. The van der Waals surface area contributed by atoms with E-state index in [2.05, 4.69) is 0 Å². The van der Waals surface area contributed by atoms with Gasteiger partial charge in [0, 0.05) is 30.1 Å². The van der Waals surface area contributed by atoms with Crippen molar-refractivity contribution in [3.63, 3.8) is 0 Å². The van der Waals surface area contributed by atoms with Crippen molar-refractivity contribution in [1.82, 2.24) is 4.90 Å². The molecule has 116 valence electrons. The highest BCUT2D eigenvalue weighted by molar-refractivity contribution is 8.00. The number of thioether (sulfide) groups is 1. The van der Waals surface area contributed by atoms with Gasteiger partial charge in [-0.1, -0.05) is 0 Å². The number of nitro benzene ring substituents is 1. The lowest BCUT2D eigenvalue weighted by Gasteiger charge is -2.28. The van der Waals surface area contributed by atoms with Gasteiger partial charge in [0.15, 0.2) is 0 Å². The van der Waals surface area contributed by atoms with E-state index in [9.17, 15) is 20.0 Å². The van der Waals surface area contributed by atoms with E-state index in [4.69, 9.17) is 0 Å². The molecule has 0 heterocycles. The summed E-state index contributed by atoms with van der Waals surface area (Å²) >= 11 is 1.32. The molecule has 0 aliphatic rings. The molecule has 0 unspecified atom stereocenters. The second-order valence-corrected chi connectivity index (χ2v) is 6.31. The Morgan fingerprint density at radius 2 is 1.95 bits per heavy atom. The molecule has 1 aromatic carbocycles. The fourth-order valence-corrected chi connectivity index (χ4v) is 2.55. The first-order valence-electron chi connectivity index (χ1n) is 6.60. The van der Waals surface area contributed by atoms with E-state index in [0.29, 0.717) is 6.54 Å². The topological polar surface area (TPSA) is 83.7 Å². The third kappa shape index (κ3) is 6.14. The van der Waals surface area contributed by atoms with Crippen LogP contribution in [0.15, 0.2) is 29.2 Å². The summed E-state index contributed by atoms with van der Waals surface area (Å²) in [4.78, 5) is 24.6. The van der Waals surface area contributed by atoms with Crippen molar-refractivity contribution < 1.29 is 14.8 Å². The molecule has 0 aromatic heterocycles. The molecule has 7 heteroatoms. The summed E-state index contributed by atoms with van der Waals surface area (Å²) in [5.74, 6) is 0.171. The summed E-state index contributed by atoms with van der Waals surface area (Å²) in [7, 11) is 0. The summed E-state index contributed by atoms with van der Waals surface area (Å²) < 4.78 is 0. The van der Waals surface area contributed by atoms with Gasteiger partial charge < -0.3 is 10.0 Å². The van der Waals surface area contributed by atoms with Gasteiger partial charge in [0.2, 0.25) is 5.91 Å². The highest BCUT2D eigenvalue weighted by Gasteiger charge is 2.21. The molecule has 1 rings (SSSR count). The molecule has 1 amide bonds. The Kier molecular flexibility index (Phi) is 6.17. The number of nitrogens with zero attached hydrogens (tertiary/aromatic N) is 2. The van der Waals surface area contributed by atoms with Crippen LogP contribution in [0.1, 0.15) is 20.8 Å². The Bertz CT molecular complexity index is 497. The van der Waals surface area contributed by atoms with E-state index < -0.39 is 10.5 Å². The maximum Gasteiger partial charge on any atom is 0.269 e. The van der Waals surface area contributed by atoms with Gasteiger partial charge in [0.05, 0.1) is 16.3 Å². The Morgan fingerprint density at radius 3 is 2.38 bits per heavy atom. The standard InChI is InChI=1S/C14H20N2O4S/c1-4-15(10-14(2,3)18)13(17)9-21-12-7-5-11(6-8-12)16(19)20/h5-8,18H,4,9-10H2,1-3H3. The molecule has 0 fully saturated rings. The van der Waals surface area contributed by atoms with Crippen molar-refractivity contribution in [3.8, 4) is 0 Å². The Morgan fingerprint density at radius 1 is 1.38 bits per heavy atom. The van der Waals surface area contributed by atoms with Crippen molar-refractivity contribution in [2.24, 2.45) is 0 Å². The molecule has 0 radical (unpaired) electrons. The van der Waals surface area contributed by atoms with Gasteiger partial charge in [-0.25, -0.2) is 0 Å². The van der Waals surface area contributed by atoms with E-state index in [1.54, 1.807) is 30.9 Å². The summed E-state index contributed by atoms with van der Waals surface area (Å²) in [6, 6.07) is 6.09. The smallest absolute Gasteiger partial charge is 0.269 e. The second-order valence-electron chi connectivity index (χ2n) is 5.26. The number of hydrogen-bond acceptors (Lipinski definition) is 5. The number of carbonyl (C=O) groups excluding carboxylic acids is 1. The number of aliphatic hydroxyl groups is 1. The van der Waals surface area contributed by atoms with E-state index in [0.717, 1.165) is 4.90 Å². The summed E-state index contributed by atoms with van der Waals surface area (Å²) in [5.41, 5.74) is -0.896. The lowest BCUT2D eigenvalue weighted by Crippen LogP contribution is -2.42. The first-order valence-corrected chi connectivity index (χ1v) is 7.59. The van der Waals surface area contributed by atoms with Crippen molar-refractivity contribution in [1.29, 1.82) is 0 Å². The predicted molar refractivity (Wildman–Crippen MR) is 82.4 cm³/mol. The number of non-ortho nitro benzene ring substituents is 1. The summed E-state index contributed by atoms with van der Waals surface area (Å²) in [5, 5.41) is 20.3. The highest BCUT2D eigenvalue weighted by atomic mass is 32.2. The van der Waals surface area contributed by atoms with Gasteiger partial charge in [-0.2, -0.15) is 0 Å². The van der Waals surface area contributed by atoms with Crippen LogP contribution < -0.4 is 0 Å². The van der Waals surface area contributed by atoms with Crippen molar-refractivity contribution >= 4 is 23.4 Å². The molecular formula is C14H20N2O4S. The lowest BCUT2D eigenvalue weighted by molar-refractivity contribution is -0.384. The van der Waals surface area contributed by atoms with Gasteiger partial charge in [-0.15, -0.1) is 11.8 Å². The minimum atomic E-state index is -0.927. The van der Waals surface area contributed by atoms with Crippen LogP contribution in [0.25, 0.3) is 0 Å². The fourth-order valence-electron chi connectivity index (χ4n) is 1.74. The monoisotopic (exact) mass is 312 g/mol. The number of amides is 1. The zero-order chi connectivity index (χ0) is 16.0. The third-order valence-corrected chi connectivity index (χ3v) is 3.72. The molecule has 0 bridgehead atoms. The minimum absolute atomic E-state index is 0.0305. The van der Waals surface area contributed by atoms with Crippen LogP contribution in [-0.2, 0) is 4.79 Å². The molecule has 6 nitrogen and oxygen atoms in total. The van der Waals surface area contributed by atoms with Crippen LogP contribution in [0, 0.1) is 10.1 Å². The number of hydrogen-bond donors (Lipinski definition) is 1. The number of carbonyl (C=O) groups is 1. The van der Waals surface area contributed by atoms with Crippen LogP contribution in [0.4, 0.5) is 5.69 Å². The molecular weight excluding hydrogens is 292 g/mol. The highest BCUT2D eigenvalue weighted by Crippen LogP contribution is 2.21. The quantitative estimate of drug-likeness (QED) is 0.474. The van der Waals surface area contributed by atoms with Crippen LogP contribution in [-0.4, -0.2) is 45.3 Å². The summed E-state index contributed by atoms with van der Waals surface area (Å²) in [6.07, 6.45) is 0. The van der Waals surface area contributed by atoms with E-state index in [1.807, 2.05) is 6.92 Å². The number of benzene rings is 1. The van der Waals surface area contributed by atoms with Crippen LogP contribution >= 0.6 is 11.8 Å². The molecule has 0 aliphatic heterocycles. The maximum absolute atomic E-state index is 12.1. The normalized spacial score (nSPS) is 11.2. The van der Waals surface area contributed by atoms with Crippen molar-refractivity contribution in [2.75, 3.05) is 18.8 Å². The van der Waals surface area contributed by atoms with Crippen LogP contribution in [0.3, 0.4) is 0 Å². The average molecular weight is 312 g/mol. The molecule has 0 saturated carbocycles. The zero-order valence-corrected chi connectivity index (χ0v) is 13.2. The molecule has 0 aliphatic carbocycles. The number of likely N-dealkylation sites (N-methyl/N-ethyl adjacent to an activating group) is 1. The predicted octanol–water partition coefficient (Wildman–Crippen LogP) is 2.31. The first kappa shape index (κ1) is 17.5. The first-order chi connectivity index (χ1) is 9.73. The lowest BCUT2D eigenvalue weighted by atomic mass is 10.1. The van der Waals surface area contributed by atoms with E-state index in [1.165, 1.54) is 23.9 Å². The number of rotatable bonds is 7. The van der Waals surface area contributed by atoms with Crippen LogP contribution in [0.2, 0.25) is 0 Å². The number of nitro groups is 1. The molecule has 1 N–H and O–H groups in total. The summed E-state index contributed by atoms with van der Waals surface area (Å²) in [6.45, 7) is 5.99. The van der Waals surface area contributed by atoms with Gasteiger partial charge in [0.25, 0.3) is 5.69 Å². The molecule has 0 saturated heterocycles. The van der Waals surface area contributed by atoms with Gasteiger partial charge in [-0.3, -0.25) is 14.9 Å². The van der Waals surface area contributed by atoms with Gasteiger partial charge >= 0.3 is 0 Å². The van der Waals surface area contributed by atoms with Crippen LogP contribution in [0.5, 0.6) is 0 Å². The Labute approximate surface area is 128 Å². The average Bonchev–Trinajstić information content (AvgIpc) is 2.41. The minimum Gasteiger partial charge on any atom is -0.389 e. The molecule has 0 spiro atoms. The molecule has 1 aromatic rings.